The number of amides is 1. The number of hydrogen-bond donors (Lipinski definition) is 1. The minimum Gasteiger partial charge on any atom is -0.370 e. The van der Waals surface area contributed by atoms with Crippen molar-refractivity contribution >= 4 is 5.91 Å². The van der Waals surface area contributed by atoms with Crippen molar-refractivity contribution in [2.75, 3.05) is 19.7 Å². The fourth-order valence-electron chi connectivity index (χ4n) is 3.85. The highest BCUT2D eigenvalue weighted by Gasteiger charge is 2.31. The number of carbonyl (C=O) groups excluding carboxylic acids is 1. The average molecular weight is 325 g/mol. The van der Waals surface area contributed by atoms with E-state index in [-0.39, 0.29) is 12.0 Å². The first kappa shape index (κ1) is 15.4. The summed E-state index contributed by atoms with van der Waals surface area (Å²) in [7, 11) is 0. The van der Waals surface area contributed by atoms with E-state index < -0.39 is 0 Å². The molecule has 1 aromatic carbocycles. The van der Waals surface area contributed by atoms with Gasteiger partial charge in [0.15, 0.2) is 5.69 Å². The van der Waals surface area contributed by atoms with Gasteiger partial charge in [-0.2, -0.15) is 5.10 Å². The molecule has 5 nitrogen and oxygen atoms in total. The summed E-state index contributed by atoms with van der Waals surface area (Å²) < 4.78 is 5.95. The fourth-order valence-corrected chi connectivity index (χ4v) is 3.85. The molecule has 4 rings (SSSR count). The number of aryl methyl sites for hydroxylation is 3. The number of morpholine rings is 1. The average Bonchev–Trinajstić information content (AvgIpc) is 3.17. The molecule has 1 saturated heterocycles. The molecule has 0 unspecified atom stereocenters. The number of aromatic nitrogens is 2. The highest BCUT2D eigenvalue weighted by atomic mass is 16.5. The molecule has 24 heavy (non-hydrogen) atoms. The molecule has 2 aromatic rings. The number of carbonyl (C=O) groups is 1. The predicted octanol–water partition coefficient (Wildman–Crippen LogP) is 2.73. The number of hydrogen-bond acceptors (Lipinski definition) is 3. The zero-order valence-corrected chi connectivity index (χ0v) is 14.3. The Labute approximate surface area is 142 Å². The van der Waals surface area contributed by atoms with E-state index in [1.54, 1.807) is 0 Å². The van der Waals surface area contributed by atoms with E-state index in [0.29, 0.717) is 25.4 Å². The molecule has 5 heteroatoms. The van der Waals surface area contributed by atoms with Gasteiger partial charge in [-0.3, -0.25) is 9.89 Å². The van der Waals surface area contributed by atoms with Crippen LogP contribution in [0.3, 0.4) is 0 Å². The van der Waals surface area contributed by atoms with Gasteiger partial charge in [0.1, 0.15) is 6.10 Å². The van der Waals surface area contributed by atoms with Crippen LogP contribution in [0.4, 0.5) is 0 Å². The molecule has 1 atom stereocenters. The van der Waals surface area contributed by atoms with Crippen LogP contribution in [0.15, 0.2) is 18.2 Å². The molecule has 0 radical (unpaired) electrons. The molecule has 1 amide bonds. The number of aromatic amines is 1. The van der Waals surface area contributed by atoms with Crippen LogP contribution in [0.1, 0.15) is 51.0 Å². The van der Waals surface area contributed by atoms with Crippen molar-refractivity contribution in [2.24, 2.45) is 0 Å². The van der Waals surface area contributed by atoms with Crippen molar-refractivity contribution in [1.29, 1.82) is 0 Å². The Morgan fingerprint density at radius 2 is 2.21 bits per heavy atom. The van der Waals surface area contributed by atoms with Gasteiger partial charge in [-0.05, 0) is 44.2 Å². The predicted molar refractivity (Wildman–Crippen MR) is 91.1 cm³/mol. The normalized spacial score (nSPS) is 20.2. The summed E-state index contributed by atoms with van der Waals surface area (Å²) in [6.45, 7) is 5.97. The van der Waals surface area contributed by atoms with Gasteiger partial charge in [0.2, 0.25) is 0 Å². The maximum Gasteiger partial charge on any atom is 0.274 e. The van der Waals surface area contributed by atoms with E-state index in [4.69, 9.17) is 4.74 Å². The van der Waals surface area contributed by atoms with Gasteiger partial charge in [-0.15, -0.1) is 0 Å². The quantitative estimate of drug-likeness (QED) is 0.923. The third-order valence-corrected chi connectivity index (χ3v) is 5.13. The lowest BCUT2D eigenvalue weighted by atomic mass is 9.99. The Morgan fingerprint density at radius 1 is 1.33 bits per heavy atom. The van der Waals surface area contributed by atoms with E-state index in [9.17, 15) is 4.79 Å². The number of nitrogens with zero attached hydrogens (tertiary/aromatic N) is 2. The van der Waals surface area contributed by atoms with Crippen molar-refractivity contribution < 1.29 is 9.53 Å². The van der Waals surface area contributed by atoms with E-state index in [0.717, 1.165) is 30.5 Å². The Morgan fingerprint density at radius 3 is 3.04 bits per heavy atom. The molecule has 0 bridgehead atoms. The third kappa shape index (κ3) is 2.63. The van der Waals surface area contributed by atoms with Crippen LogP contribution in [-0.2, 0) is 17.6 Å². The highest BCUT2D eigenvalue weighted by molar-refractivity contribution is 5.94. The largest absolute Gasteiger partial charge is 0.370 e. The molecule has 126 valence electrons. The Bertz CT molecular complexity index is 781. The minimum atomic E-state index is -0.0599. The number of H-pyrrole nitrogens is 1. The molecule has 0 spiro atoms. The lowest BCUT2D eigenvalue weighted by Gasteiger charge is -2.33. The van der Waals surface area contributed by atoms with Gasteiger partial charge in [0.05, 0.1) is 13.2 Å². The monoisotopic (exact) mass is 325 g/mol. The molecule has 1 fully saturated rings. The van der Waals surface area contributed by atoms with Crippen LogP contribution in [0, 0.1) is 13.8 Å². The van der Waals surface area contributed by atoms with E-state index in [2.05, 4.69) is 42.2 Å². The Hall–Kier alpha value is -2.14. The van der Waals surface area contributed by atoms with Crippen molar-refractivity contribution in [2.45, 2.75) is 39.2 Å². The van der Waals surface area contributed by atoms with Gasteiger partial charge in [0, 0.05) is 17.8 Å². The second-order valence-corrected chi connectivity index (χ2v) is 6.85. The van der Waals surface area contributed by atoms with Gasteiger partial charge >= 0.3 is 0 Å². The number of ether oxygens (including phenoxy) is 1. The maximum atomic E-state index is 12.9. The molecule has 2 heterocycles. The maximum absolute atomic E-state index is 12.9. The van der Waals surface area contributed by atoms with Crippen molar-refractivity contribution in [3.63, 3.8) is 0 Å². The standard InChI is InChI=1S/C19H23N3O2/c1-12-6-7-14(13(2)10-12)17-11-22(8-9-24-17)19(23)18-15-4-3-5-16(15)20-21-18/h6-7,10,17H,3-5,8-9,11H2,1-2H3,(H,20,21)/t17-/m1/s1. The lowest BCUT2D eigenvalue weighted by Crippen LogP contribution is -2.42. The van der Waals surface area contributed by atoms with Crippen LogP contribution in [-0.4, -0.2) is 40.7 Å². The van der Waals surface area contributed by atoms with Crippen LogP contribution in [0.25, 0.3) is 0 Å². The van der Waals surface area contributed by atoms with Gasteiger partial charge in [-0.25, -0.2) is 0 Å². The zero-order valence-electron chi connectivity index (χ0n) is 14.3. The van der Waals surface area contributed by atoms with Crippen LogP contribution in [0.5, 0.6) is 0 Å². The van der Waals surface area contributed by atoms with E-state index in [1.165, 1.54) is 16.7 Å². The summed E-state index contributed by atoms with van der Waals surface area (Å²) in [5.41, 5.74) is 6.50. The summed E-state index contributed by atoms with van der Waals surface area (Å²) in [6.07, 6.45) is 3.01. The van der Waals surface area contributed by atoms with Gasteiger partial charge < -0.3 is 9.64 Å². The zero-order chi connectivity index (χ0) is 16.7. The third-order valence-electron chi connectivity index (χ3n) is 5.13. The molecular formula is C19H23N3O2. The molecule has 1 aromatic heterocycles. The molecular weight excluding hydrogens is 302 g/mol. The Balaban J connectivity index is 1.55. The Kier molecular flexibility index (Phi) is 3.88. The molecule has 1 N–H and O–H groups in total. The van der Waals surface area contributed by atoms with Crippen molar-refractivity contribution in [1.82, 2.24) is 15.1 Å². The number of benzene rings is 1. The van der Waals surface area contributed by atoms with Gasteiger partial charge in [0.25, 0.3) is 5.91 Å². The SMILES string of the molecule is Cc1ccc([C@H]2CN(C(=O)c3n[nH]c4c3CCC4)CCO2)c(C)c1. The minimum absolute atomic E-state index is 0.0347. The second kappa shape index (κ2) is 6.06. The lowest BCUT2D eigenvalue weighted by molar-refractivity contribution is -0.0233. The molecule has 1 aliphatic heterocycles. The highest BCUT2D eigenvalue weighted by Crippen LogP contribution is 2.28. The number of fused-ring (bicyclic) bond motifs is 1. The van der Waals surface area contributed by atoms with Crippen LogP contribution < -0.4 is 0 Å². The van der Waals surface area contributed by atoms with Crippen LogP contribution >= 0.6 is 0 Å². The smallest absolute Gasteiger partial charge is 0.274 e. The summed E-state index contributed by atoms with van der Waals surface area (Å²) in [5.74, 6) is 0.0347. The van der Waals surface area contributed by atoms with Crippen molar-refractivity contribution in [3.05, 3.63) is 51.8 Å². The molecule has 0 saturated carbocycles. The first-order chi connectivity index (χ1) is 11.6. The van der Waals surface area contributed by atoms with Crippen molar-refractivity contribution in [3.8, 4) is 0 Å². The fraction of sp³-hybridized carbons (Fsp3) is 0.474. The number of rotatable bonds is 2. The first-order valence-corrected chi connectivity index (χ1v) is 8.67. The second-order valence-electron chi connectivity index (χ2n) is 6.85. The summed E-state index contributed by atoms with van der Waals surface area (Å²) in [5, 5.41) is 7.32. The van der Waals surface area contributed by atoms with Gasteiger partial charge in [-0.1, -0.05) is 23.8 Å². The summed E-state index contributed by atoms with van der Waals surface area (Å²) >= 11 is 0. The van der Waals surface area contributed by atoms with E-state index >= 15 is 0 Å². The molecule has 1 aliphatic carbocycles. The number of nitrogens with one attached hydrogen (secondary N) is 1. The van der Waals surface area contributed by atoms with Crippen LogP contribution in [0.2, 0.25) is 0 Å². The topological polar surface area (TPSA) is 58.2 Å². The molecule has 2 aliphatic rings. The first-order valence-electron chi connectivity index (χ1n) is 8.67. The van der Waals surface area contributed by atoms with E-state index in [1.807, 2.05) is 4.90 Å². The summed E-state index contributed by atoms with van der Waals surface area (Å²) in [4.78, 5) is 14.8. The summed E-state index contributed by atoms with van der Waals surface area (Å²) in [6, 6.07) is 6.39.